The van der Waals surface area contributed by atoms with Crippen molar-refractivity contribution in [2.24, 2.45) is 5.92 Å². The molecule has 3 rings (SSSR count). The van der Waals surface area contributed by atoms with Gasteiger partial charge in [0.25, 0.3) is 0 Å². The first-order valence-corrected chi connectivity index (χ1v) is 11.5. The van der Waals surface area contributed by atoms with Crippen LogP contribution in [0.5, 0.6) is 5.75 Å². The quantitative estimate of drug-likeness (QED) is 0.363. The molecule has 3 aromatic carbocycles. The van der Waals surface area contributed by atoms with Crippen molar-refractivity contribution in [1.29, 1.82) is 0 Å². The number of ether oxygens (including phenoxy) is 2. The molecular formula is C25H24O3Se. The van der Waals surface area contributed by atoms with Crippen molar-refractivity contribution >= 4 is 31.5 Å². The van der Waals surface area contributed by atoms with Crippen LogP contribution in [0, 0.1) is 5.92 Å². The van der Waals surface area contributed by atoms with Gasteiger partial charge in [-0.2, -0.15) is 0 Å². The molecule has 0 aromatic heterocycles. The van der Waals surface area contributed by atoms with E-state index in [1.54, 1.807) is 7.11 Å². The van der Waals surface area contributed by atoms with Crippen molar-refractivity contribution in [2.45, 2.75) is 6.42 Å². The van der Waals surface area contributed by atoms with Crippen molar-refractivity contribution in [1.82, 2.24) is 0 Å². The van der Waals surface area contributed by atoms with E-state index in [9.17, 15) is 4.79 Å². The third-order valence-electron chi connectivity index (χ3n) is 4.41. The summed E-state index contributed by atoms with van der Waals surface area (Å²) < 4.78 is 12.0. The van der Waals surface area contributed by atoms with Crippen LogP contribution in [0.4, 0.5) is 0 Å². The first kappa shape index (κ1) is 20.9. The zero-order valence-electron chi connectivity index (χ0n) is 16.4. The second-order valence-electron chi connectivity index (χ2n) is 6.47. The molecule has 0 amide bonds. The second-order valence-corrected chi connectivity index (χ2v) is 8.56. The van der Waals surface area contributed by atoms with E-state index in [4.69, 9.17) is 9.47 Å². The number of methoxy groups -OCH3 is 1. The third-order valence-corrected chi connectivity index (χ3v) is 6.17. The molecule has 3 aromatic rings. The molecule has 0 unspecified atom stereocenters. The van der Waals surface area contributed by atoms with Gasteiger partial charge in [0, 0.05) is 0 Å². The molecule has 0 fully saturated rings. The first-order chi connectivity index (χ1) is 14.2. The summed E-state index contributed by atoms with van der Waals surface area (Å²) in [6.07, 6.45) is 4.52. The Morgan fingerprint density at radius 1 is 0.931 bits per heavy atom. The monoisotopic (exact) mass is 452 g/mol. The molecule has 3 nitrogen and oxygen atoms in total. The summed E-state index contributed by atoms with van der Waals surface area (Å²) >= 11 is 0.119. The summed E-state index contributed by atoms with van der Waals surface area (Å²) in [7, 11) is 1.65. The number of esters is 1. The summed E-state index contributed by atoms with van der Waals surface area (Å²) in [6.45, 7) is 0. The first-order valence-electron chi connectivity index (χ1n) is 9.45. The van der Waals surface area contributed by atoms with Crippen molar-refractivity contribution in [3.63, 3.8) is 0 Å². The van der Waals surface area contributed by atoms with Crippen LogP contribution in [0.3, 0.4) is 0 Å². The van der Waals surface area contributed by atoms with Gasteiger partial charge < -0.3 is 0 Å². The number of carbonyl (C=O) groups is 1. The number of benzene rings is 3. The molecule has 4 heteroatoms. The molecule has 0 N–H and O–H groups in total. The average Bonchev–Trinajstić information content (AvgIpc) is 2.78. The maximum atomic E-state index is 12.8. The maximum absolute atomic E-state index is 12.8. The minimum absolute atomic E-state index is 0.119. The molecule has 148 valence electrons. The van der Waals surface area contributed by atoms with Gasteiger partial charge in [0.2, 0.25) is 0 Å². The molecule has 0 bridgehead atoms. The fraction of sp³-hybridized carbons (Fsp3) is 0.160. The molecule has 1 atom stereocenters. The van der Waals surface area contributed by atoms with Crippen molar-refractivity contribution in [3.8, 4) is 5.75 Å². The predicted molar refractivity (Wildman–Crippen MR) is 118 cm³/mol. The molecule has 0 aliphatic carbocycles. The molecule has 0 aliphatic rings. The van der Waals surface area contributed by atoms with Gasteiger partial charge in [-0.15, -0.1) is 0 Å². The predicted octanol–water partition coefficient (Wildman–Crippen LogP) is 4.10. The van der Waals surface area contributed by atoms with E-state index in [-0.39, 0.29) is 26.8 Å². The summed E-state index contributed by atoms with van der Waals surface area (Å²) in [5.74, 6) is 0.299. The van der Waals surface area contributed by atoms with Crippen molar-refractivity contribution in [3.05, 3.63) is 102 Å². The Bertz CT molecular complexity index is 906. The van der Waals surface area contributed by atoms with Crippen LogP contribution in [0.2, 0.25) is 0 Å². The standard InChI is InChI=1S/C25H24O3Se/c1-27-23-16-13-20(14-17-23)12-15-22(18-21-8-4-2-5-9-21)25(26)28-19-29-24-10-6-3-7-11-24/h2-17,22H,18-19H2,1H3/b15-12+/t22-/m1/s1. The fourth-order valence-electron chi connectivity index (χ4n) is 2.82. The normalized spacial score (nSPS) is 11.9. The number of hydrogen-bond acceptors (Lipinski definition) is 3. The molecular weight excluding hydrogens is 427 g/mol. The van der Waals surface area contributed by atoms with Crippen LogP contribution in [-0.2, 0) is 16.0 Å². The Balaban J connectivity index is 1.65. The van der Waals surface area contributed by atoms with Crippen LogP contribution >= 0.6 is 0 Å². The van der Waals surface area contributed by atoms with E-state index < -0.39 is 0 Å². The fourth-order valence-corrected chi connectivity index (χ4v) is 4.21. The Morgan fingerprint density at radius 3 is 2.24 bits per heavy atom. The summed E-state index contributed by atoms with van der Waals surface area (Å²) in [5, 5.41) is 0. The molecule has 0 aliphatic heterocycles. The van der Waals surface area contributed by atoms with E-state index >= 15 is 0 Å². The molecule has 0 heterocycles. The van der Waals surface area contributed by atoms with Crippen LogP contribution in [0.15, 0.2) is 91.0 Å². The van der Waals surface area contributed by atoms with Crippen LogP contribution < -0.4 is 9.20 Å². The average molecular weight is 451 g/mol. The van der Waals surface area contributed by atoms with Gasteiger partial charge in [-0.25, -0.2) is 0 Å². The number of rotatable bonds is 9. The Kier molecular flexibility index (Phi) is 8.12. The van der Waals surface area contributed by atoms with Gasteiger partial charge in [-0.05, 0) is 0 Å². The molecule has 0 saturated carbocycles. The molecule has 0 saturated heterocycles. The van der Waals surface area contributed by atoms with Crippen molar-refractivity contribution < 1.29 is 14.3 Å². The summed E-state index contributed by atoms with van der Waals surface area (Å²) in [5.41, 5.74) is 2.57. The summed E-state index contributed by atoms with van der Waals surface area (Å²) in [4.78, 5) is 12.8. The zero-order valence-corrected chi connectivity index (χ0v) is 18.1. The van der Waals surface area contributed by atoms with E-state index in [0.717, 1.165) is 16.9 Å². The number of hydrogen-bond donors (Lipinski definition) is 0. The van der Waals surface area contributed by atoms with E-state index in [1.807, 2.05) is 84.9 Å². The Hall–Kier alpha value is -2.81. The van der Waals surface area contributed by atoms with Gasteiger partial charge in [0.1, 0.15) is 0 Å². The van der Waals surface area contributed by atoms with Gasteiger partial charge >= 0.3 is 179 Å². The van der Waals surface area contributed by atoms with Crippen LogP contribution in [-0.4, -0.2) is 33.5 Å². The number of carbonyl (C=O) groups excluding carboxylic acids is 1. The zero-order chi connectivity index (χ0) is 20.3. The minimum atomic E-state index is -0.328. The Labute approximate surface area is 178 Å². The van der Waals surface area contributed by atoms with E-state index in [1.165, 1.54) is 4.46 Å². The third kappa shape index (κ3) is 6.94. The van der Waals surface area contributed by atoms with Gasteiger partial charge in [-0.3, -0.25) is 0 Å². The topological polar surface area (TPSA) is 35.5 Å². The summed E-state index contributed by atoms with van der Waals surface area (Å²) in [6, 6.07) is 27.9. The molecule has 29 heavy (non-hydrogen) atoms. The van der Waals surface area contributed by atoms with Gasteiger partial charge in [0.05, 0.1) is 0 Å². The van der Waals surface area contributed by atoms with E-state index in [2.05, 4.69) is 12.1 Å². The van der Waals surface area contributed by atoms with Gasteiger partial charge in [0.15, 0.2) is 0 Å². The van der Waals surface area contributed by atoms with E-state index in [0.29, 0.717) is 11.9 Å². The second kappa shape index (κ2) is 11.3. The van der Waals surface area contributed by atoms with Crippen LogP contribution in [0.25, 0.3) is 6.08 Å². The SMILES string of the molecule is COc1ccc(/C=C/[C@H](Cc2ccccc2)C(=O)OC[Se]c2ccccc2)cc1. The molecule has 0 radical (unpaired) electrons. The molecule has 0 spiro atoms. The Morgan fingerprint density at radius 2 is 1.59 bits per heavy atom. The van der Waals surface area contributed by atoms with Gasteiger partial charge in [-0.1, -0.05) is 0 Å². The van der Waals surface area contributed by atoms with Crippen molar-refractivity contribution in [2.75, 3.05) is 12.6 Å². The van der Waals surface area contributed by atoms with Crippen LogP contribution in [0.1, 0.15) is 11.1 Å².